The lowest BCUT2D eigenvalue weighted by molar-refractivity contribution is 0.0974. The Kier molecular flexibility index (Phi) is 5.29. The summed E-state index contributed by atoms with van der Waals surface area (Å²) in [5.74, 6) is 0.344. The predicted molar refractivity (Wildman–Crippen MR) is 80.2 cm³/mol. The Morgan fingerprint density at radius 2 is 1.86 bits per heavy atom. The van der Waals surface area contributed by atoms with Gasteiger partial charge in [-0.05, 0) is 37.2 Å². The zero-order valence-electron chi connectivity index (χ0n) is 12.0. The molecule has 1 saturated carbocycles. The molecule has 3 nitrogen and oxygen atoms in total. The lowest BCUT2D eigenvalue weighted by Gasteiger charge is -2.25. The minimum Gasteiger partial charge on any atom is -0.294 e. The number of hydrogen-bond donors (Lipinski definition) is 0. The summed E-state index contributed by atoms with van der Waals surface area (Å²) < 4.78 is 0. The fourth-order valence-corrected chi connectivity index (χ4v) is 2.97. The molecular weight excluding hydrogens is 260 g/mol. The van der Waals surface area contributed by atoms with Crippen LogP contribution in [-0.2, 0) is 0 Å². The number of carbonyl (C=O) groups excluding carboxylic acids is 1. The second-order valence-corrected chi connectivity index (χ2v) is 5.39. The van der Waals surface area contributed by atoms with Crippen molar-refractivity contribution in [3.8, 4) is 12.1 Å². The molecule has 1 unspecified atom stereocenters. The van der Waals surface area contributed by atoms with Gasteiger partial charge in [0, 0.05) is 12.0 Å². The highest BCUT2D eigenvalue weighted by molar-refractivity contribution is 5.95. The summed E-state index contributed by atoms with van der Waals surface area (Å²) >= 11 is 0. The lowest BCUT2D eigenvalue weighted by atomic mass is 9.79. The summed E-state index contributed by atoms with van der Waals surface area (Å²) in [5, 5.41) is 18.1. The van der Waals surface area contributed by atoms with Gasteiger partial charge in [-0.15, -0.1) is 0 Å². The average Bonchev–Trinajstić information content (AvgIpc) is 2.55. The van der Waals surface area contributed by atoms with E-state index in [-0.39, 0.29) is 17.3 Å². The number of nitriles is 2. The molecule has 1 aliphatic carbocycles. The number of hydrogen-bond acceptors (Lipinski definition) is 3. The molecule has 0 aliphatic heterocycles. The Hall–Kier alpha value is -2.39. The van der Waals surface area contributed by atoms with Gasteiger partial charge in [-0.3, -0.25) is 4.79 Å². The maximum atomic E-state index is 12.2. The molecule has 106 valence electrons. The van der Waals surface area contributed by atoms with E-state index in [9.17, 15) is 4.79 Å². The molecule has 0 heterocycles. The van der Waals surface area contributed by atoms with E-state index in [1.807, 2.05) is 42.5 Å². The first kappa shape index (κ1) is 15.0. The standard InChI is InChI=1S/C18H18N2O/c19-12-16(13-20)17-9-5-4-6-14(17)10-11-18(21)15-7-2-1-3-8-15/h1-3,7-8,14H,4-6,9-11H2. The molecule has 21 heavy (non-hydrogen) atoms. The van der Waals surface area contributed by atoms with E-state index in [4.69, 9.17) is 10.5 Å². The van der Waals surface area contributed by atoms with Crippen LogP contribution in [0.15, 0.2) is 41.5 Å². The Bertz CT molecular complexity index is 601. The Balaban J connectivity index is 2.05. The number of carbonyl (C=O) groups is 1. The van der Waals surface area contributed by atoms with Crippen LogP contribution in [0.1, 0.15) is 48.9 Å². The van der Waals surface area contributed by atoms with Crippen molar-refractivity contribution >= 4 is 5.78 Å². The number of benzene rings is 1. The largest absolute Gasteiger partial charge is 0.294 e. The molecule has 0 amide bonds. The molecule has 0 spiro atoms. The molecule has 0 bridgehead atoms. The first-order valence-electron chi connectivity index (χ1n) is 7.37. The van der Waals surface area contributed by atoms with Crippen molar-refractivity contribution in [2.75, 3.05) is 0 Å². The second kappa shape index (κ2) is 7.41. The van der Waals surface area contributed by atoms with Crippen LogP contribution < -0.4 is 0 Å². The molecule has 1 aliphatic rings. The van der Waals surface area contributed by atoms with Gasteiger partial charge in [0.25, 0.3) is 0 Å². The normalized spacial score (nSPS) is 17.6. The van der Waals surface area contributed by atoms with Gasteiger partial charge in [0.05, 0.1) is 0 Å². The summed E-state index contributed by atoms with van der Waals surface area (Å²) in [6.45, 7) is 0. The Labute approximate surface area is 125 Å². The smallest absolute Gasteiger partial charge is 0.162 e. The number of rotatable bonds is 4. The van der Waals surface area contributed by atoms with Crippen LogP contribution in [0.3, 0.4) is 0 Å². The van der Waals surface area contributed by atoms with E-state index in [1.165, 1.54) is 0 Å². The summed E-state index contributed by atoms with van der Waals surface area (Å²) in [6, 6.07) is 13.3. The zero-order chi connectivity index (χ0) is 15.1. The third kappa shape index (κ3) is 3.80. The van der Waals surface area contributed by atoms with Gasteiger partial charge >= 0.3 is 0 Å². The van der Waals surface area contributed by atoms with E-state index >= 15 is 0 Å². The molecule has 0 radical (unpaired) electrons. The van der Waals surface area contributed by atoms with Crippen LogP contribution >= 0.6 is 0 Å². The predicted octanol–water partition coefficient (Wildman–Crippen LogP) is 4.18. The minimum absolute atomic E-state index is 0.135. The Morgan fingerprint density at radius 1 is 1.14 bits per heavy atom. The molecule has 3 heteroatoms. The molecule has 0 N–H and O–H groups in total. The molecule has 1 fully saturated rings. The quantitative estimate of drug-likeness (QED) is 0.613. The van der Waals surface area contributed by atoms with Crippen molar-refractivity contribution in [1.29, 1.82) is 10.5 Å². The molecule has 2 rings (SSSR count). The first-order chi connectivity index (χ1) is 10.3. The van der Waals surface area contributed by atoms with Gasteiger partial charge in [-0.25, -0.2) is 0 Å². The average molecular weight is 278 g/mol. The highest BCUT2D eigenvalue weighted by Gasteiger charge is 2.23. The Morgan fingerprint density at radius 3 is 2.52 bits per heavy atom. The fraction of sp³-hybridized carbons (Fsp3) is 0.389. The number of nitrogens with zero attached hydrogens (tertiary/aromatic N) is 2. The van der Waals surface area contributed by atoms with Crippen molar-refractivity contribution in [3.05, 3.63) is 47.0 Å². The first-order valence-corrected chi connectivity index (χ1v) is 7.37. The third-order valence-corrected chi connectivity index (χ3v) is 4.10. The SMILES string of the molecule is N#CC(C#N)=C1CCCCC1CCC(=O)c1ccccc1. The highest BCUT2D eigenvalue weighted by atomic mass is 16.1. The summed E-state index contributed by atoms with van der Waals surface area (Å²) in [5.41, 5.74) is 1.96. The van der Waals surface area contributed by atoms with Crippen molar-refractivity contribution in [2.45, 2.75) is 38.5 Å². The third-order valence-electron chi connectivity index (χ3n) is 4.10. The van der Waals surface area contributed by atoms with Crippen LogP contribution in [0.2, 0.25) is 0 Å². The van der Waals surface area contributed by atoms with E-state index < -0.39 is 0 Å². The zero-order valence-corrected chi connectivity index (χ0v) is 12.0. The fourth-order valence-electron chi connectivity index (χ4n) is 2.97. The van der Waals surface area contributed by atoms with Crippen LogP contribution in [-0.4, -0.2) is 5.78 Å². The highest BCUT2D eigenvalue weighted by Crippen LogP contribution is 2.34. The van der Waals surface area contributed by atoms with Gasteiger partial charge in [-0.1, -0.05) is 36.8 Å². The number of allylic oxidation sites excluding steroid dienone is 2. The van der Waals surface area contributed by atoms with Gasteiger partial charge in [0.2, 0.25) is 0 Å². The van der Waals surface area contributed by atoms with E-state index in [1.54, 1.807) is 0 Å². The van der Waals surface area contributed by atoms with Crippen LogP contribution in [0, 0.1) is 28.6 Å². The topological polar surface area (TPSA) is 64.7 Å². The van der Waals surface area contributed by atoms with Crippen LogP contribution in [0.25, 0.3) is 0 Å². The van der Waals surface area contributed by atoms with Gasteiger partial charge in [0.1, 0.15) is 17.7 Å². The van der Waals surface area contributed by atoms with Gasteiger partial charge < -0.3 is 0 Å². The second-order valence-electron chi connectivity index (χ2n) is 5.39. The summed E-state index contributed by atoms with van der Waals surface area (Å²) in [7, 11) is 0. The van der Waals surface area contributed by atoms with Gasteiger partial charge in [-0.2, -0.15) is 10.5 Å². The van der Waals surface area contributed by atoms with Crippen molar-refractivity contribution in [1.82, 2.24) is 0 Å². The maximum absolute atomic E-state index is 12.2. The molecule has 1 aromatic carbocycles. The van der Waals surface area contributed by atoms with Crippen molar-refractivity contribution < 1.29 is 4.79 Å². The molecule has 0 aromatic heterocycles. The van der Waals surface area contributed by atoms with Crippen molar-refractivity contribution in [2.24, 2.45) is 5.92 Å². The number of ketones is 1. The number of Topliss-reactive ketones (excluding diaryl/α,β-unsaturated/α-hetero) is 1. The summed E-state index contributed by atoms with van der Waals surface area (Å²) in [6.07, 6.45) is 5.15. The molecular formula is C18H18N2O. The summed E-state index contributed by atoms with van der Waals surface area (Å²) in [4.78, 5) is 12.2. The van der Waals surface area contributed by atoms with E-state index in [0.717, 1.165) is 43.2 Å². The van der Waals surface area contributed by atoms with Crippen LogP contribution in [0.4, 0.5) is 0 Å². The minimum atomic E-state index is 0.135. The monoisotopic (exact) mass is 278 g/mol. The van der Waals surface area contributed by atoms with Crippen molar-refractivity contribution in [3.63, 3.8) is 0 Å². The maximum Gasteiger partial charge on any atom is 0.162 e. The van der Waals surface area contributed by atoms with Gasteiger partial charge in [0.15, 0.2) is 5.78 Å². The van der Waals surface area contributed by atoms with E-state index in [2.05, 4.69) is 0 Å². The molecule has 0 saturated heterocycles. The molecule has 1 aromatic rings. The lowest BCUT2D eigenvalue weighted by Crippen LogP contribution is -2.14. The van der Waals surface area contributed by atoms with Crippen LogP contribution in [0.5, 0.6) is 0 Å². The molecule has 1 atom stereocenters. The van der Waals surface area contributed by atoms with E-state index in [0.29, 0.717) is 6.42 Å².